The van der Waals surface area contributed by atoms with E-state index in [-0.39, 0.29) is 5.91 Å². The first-order valence-electron chi connectivity index (χ1n) is 5.90. The highest BCUT2D eigenvalue weighted by atomic mass is 16.2. The Morgan fingerprint density at radius 1 is 1.47 bits per heavy atom. The summed E-state index contributed by atoms with van der Waals surface area (Å²) in [5.74, 6) is 0.923. The van der Waals surface area contributed by atoms with E-state index in [1.807, 2.05) is 4.90 Å². The van der Waals surface area contributed by atoms with E-state index in [9.17, 15) is 4.79 Å². The van der Waals surface area contributed by atoms with Crippen molar-refractivity contribution >= 4 is 5.91 Å². The van der Waals surface area contributed by atoms with Crippen molar-refractivity contribution in [2.75, 3.05) is 32.7 Å². The molecule has 1 atom stereocenters. The first-order chi connectivity index (χ1) is 7.24. The molecule has 0 aromatic rings. The van der Waals surface area contributed by atoms with Crippen LogP contribution in [0.5, 0.6) is 0 Å². The zero-order valence-electron chi connectivity index (χ0n) is 9.67. The third-order valence-corrected chi connectivity index (χ3v) is 3.05. The summed E-state index contributed by atoms with van der Waals surface area (Å²) >= 11 is 0. The number of nitrogens with zero attached hydrogens (tertiary/aromatic N) is 1. The lowest BCUT2D eigenvalue weighted by Gasteiger charge is -2.18. The zero-order valence-corrected chi connectivity index (χ0v) is 9.67. The molecule has 0 aromatic carbocycles. The van der Waals surface area contributed by atoms with E-state index < -0.39 is 0 Å². The largest absolute Gasteiger partial charge is 0.343 e. The maximum Gasteiger partial charge on any atom is 0.219 e. The van der Waals surface area contributed by atoms with Crippen molar-refractivity contribution in [2.24, 2.45) is 11.7 Å². The van der Waals surface area contributed by atoms with E-state index >= 15 is 0 Å². The van der Waals surface area contributed by atoms with Gasteiger partial charge < -0.3 is 16.0 Å². The average molecular weight is 213 g/mol. The Bertz CT molecular complexity index is 196. The first-order valence-corrected chi connectivity index (χ1v) is 5.90. The molecule has 1 saturated heterocycles. The maximum absolute atomic E-state index is 11.2. The van der Waals surface area contributed by atoms with Crippen LogP contribution in [0.2, 0.25) is 0 Å². The fraction of sp³-hybridized carbons (Fsp3) is 0.909. The molecule has 15 heavy (non-hydrogen) atoms. The Balaban J connectivity index is 2.23. The van der Waals surface area contributed by atoms with Gasteiger partial charge in [-0.3, -0.25) is 4.79 Å². The van der Waals surface area contributed by atoms with E-state index in [1.165, 1.54) is 6.42 Å². The van der Waals surface area contributed by atoms with Crippen molar-refractivity contribution in [3.63, 3.8) is 0 Å². The number of amides is 1. The third-order valence-electron chi connectivity index (χ3n) is 3.05. The normalized spacial score (nSPS) is 22.5. The zero-order chi connectivity index (χ0) is 11.1. The van der Waals surface area contributed by atoms with Gasteiger partial charge in [-0.25, -0.2) is 0 Å². The molecule has 3 N–H and O–H groups in total. The molecular formula is C11H23N3O. The number of hydrogen-bond acceptors (Lipinski definition) is 3. The first kappa shape index (κ1) is 12.5. The summed E-state index contributed by atoms with van der Waals surface area (Å²) < 4.78 is 0. The quantitative estimate of drug-likeness (QED) is 0.655. The van der Waals surface area contributed by atoms with Crippen LogP contribution < -0.4 is 11.1 Å². The number of carbonyl (C=O) groups is 1. The van der Waals surface area contributed by atoms with Gasteiger partial charge in [-0.15, -0.1) is 0 Å². The second-order valence-corrected chi connectivity index (χ2v) is 4.30. The van der Waals surface area contributed by atoms with Crippen molar-refractivity contribution in [2.45, 2.75) is 26.2 Å². The number of nitrogens with one attached hydrogen (secondary N) is 1. The number of carbonyl (C=O) groups excluding carboxylic acids is 1. The second kappa shape index (κ2) is 6.80. The Morgan fingerprint density at radius 3 is 2.93 bits per heavy atom. The minimum Gasteiger partial charge on any atom is -0.343 e. The van der Waals surface area contributed by atoms with Gasteiger partial charge in [-0.2, -0.15) is 0 Å². The van der Waals surface area contributed by atoms with Gasteiger partial charge in [0.15, 0.2) is 0 Å². The smallest absolute Gasteiger partial charge is 0.219 e. The number of hydrogen-bond donors (Lipinski definition) is 2. The van der Waals surface area contributed by atoms with Gasteiger partial charge in [0.2, 0.25) is 5.91 Å². The van der Waals surface area contributed by atoms with Crippen molar-refractivity contribution in [1.29, 1.82) is 0 Å². The fourth-order valence-electron chi connectivity index (χ4n) is 2.09. The molecule has 1 unspecified atom stereocenters. The van der Waals surface area contributed by atoms with Crippen LogP contribution in [0.1, 0.15) is 26.2 Å². The maximum atomic E-state index is 11.2. The fourth-order valence-corrected chi connectivity index (χ4v) is 2.09. The summed E-state index contributed by atoms with van der Waals surface area (Å²) in [5.41, 5.74) is 5.42. The molecule has 1 heterocycles. The van der Waals surface area contributed by atoms with Gasteiger partial charge in [0.05, 0.1) is 0 Å². The third kappa shape index (κ3) is 4.62. The van der Waals surface area contributed by atoms with Gasteiger partial charge in [-0.1, -0.05) is 0 Å². The van der Waals surface area contributed by atoms with Gasteiger partial charge >= 0.3 is 0 Å². The second-order valence-electron chi connectivity index (χ2n) is 4.30. The van der Waals surface area contributed by atoms with Crippen molar-refractivity contribution in [3.05, 3.63) is 0 Å². The van der Waals surface area contributed by atoms with Crippen molar-refractivity contribution in [1.82, 2.24) is 10.2 Å². The summed E-state index contributed by atoms with van der Waals surface area (Å²) in [6.45, 7) is 6.15. The summed E-state index contributed by atoms with van der Waals surface area (Å²) in [7, 11) is 0. The SMILES string of the molecule is CC(=O)N1CCCC(CNCCN)CC1. The Kier molecular flexibility index (Phi) is 5.65. The van der Waals surface area contributed by atoms with Crippen LogP contribution in [0.15, 0.2) is 0 Å². The van der Waals surface area contributed by atoms with Crippen LogP contribution in [0, 0.1) is 5.92 Å². The predicted octanol–water partition coefficient (Wildman–Crippen LogP) is 0.183. The molecule has 4 nitrogen and oxygen atoms in total. The van der Waals surface area contributed by atoms with Gasteiger partial charge in [0, 0.05) is 33.1 Å². The summed E-state index contributed by atoms with van der Waals surface area (Å²) in [5, 5.41) is 3.35. The Morgan fingerprint density at radius 2 is 2.27 bits per heavy atom. The van der Waals surface area contributed by atoms with Gasteiger partial charge in [-0.05, 0) is 31.7 Å². The highest BCUT2D eigenvalue weighted by molar-refractivity contribution is 5.73. The van der Waals surface area contributed by atoms with Crippen LogP contribution in [-0.4, -0.2) is 43.5 Å². The van der Waals surface area contributed by atoms with Crippen LogP contribution in [-0.2, 0) is 4.79 Å². The molecule has 88 valence electrons. The molecule has 0 aliphatic carbocycles. The molecule has 4 heteroatoms. The molecule has 0 radical (unpaired) electrons. The number of rotatable bonds is 4. The molecule has 1 fully saturated rings. The summed E-state index contributed by atoms with van der Waals surface area (Å²) in [6, 6.07) is 0. The van der Waals surface area contributed by atoms with Crippen LogP contribution >= 0.6 is 0 Å². The molecule has 0 saturated carbocycles. The Hall–Kier alpha value is -0.610. The molecule has 1 aliphatic heterocycles. The minimum absolute atomic E-state index is 0.213. The molecule has 0 aromatic heterocycles. The standard InChI is InChI=1S/C11H23N3O/c1-10(15)14-7-2-3-11(4-8-14)9-13-6-5-12/h11,13H,2-9,12H2,1H3. The van der Waals surface area contributed by atoms with Gasteiger partial charge in [0.1, 0.15) is 0 Å². The van der Waals surface area contributed by atoms with Crippen LogP contribution in [0.4, 0.5) is 0 Å². The van der Waals surface area contributed by atoms with Crippen molar-refractivity contribution in [3.8, 4) is 0 Å². The molecular weight excluding hydrogens is 190 g/mol. The lowest BCUT2D eigenvalue weighted by molar-refractivity contribution is -0.128. The number of likely N-dealkylation sites (tertiary alicyclic amines) is 1. The molecule has 0 bridgehead atoms. The van der Waals surface area contributed by atoms with E-state index in [0.29, 0.717) is 12.5 Å². The predicted molar refractivity (Wildman–Crippen MR) is 61.5 cm³/mol. The average Bonchev–Trinajstić information content (AvgIpc) is 2.44. The monoisotopic (exact) mass is 213 g/mol. The van der Waals surface area contributed by atoms with E-state index in [2.05, 4.69) is 5.32 Å². The molecule has 1 aliphatic rings. The summed E-state index contributed by atoms with van der Waals surface area (Å²) in [4.78, 5) is 13.2. The van der Waals surface area contributed by atoms with Gasteiger partial charge in [0.25, 0.3) is 0 Å². The van der Waals surface area contributed by atoms with E-state index in [4.69, 9.17) is 5.73 Å². The van der Waals surface area contributed by atoms with E-state index in [0.717, 1.165) is 39.0 Å². The van der Waals surface area contributed by atoms with Crippen molar-refractivity contribution < 1.29 is 4.79 Å². The minimum atomic E-state index is 0.213. The highest BCUT2D eigenvalue weighted by Gasteiger charge is 2.17. The summed E-state index contributed by atoms with van der Waals surface area (Å²) in [6.07, 6.45) is 3.48. The Labute approximate surface area is 92.2 Å². The molecule has 1 amide bonds. The number of nitrogens with two attached hydrogens (primary N) is 1. The highest BCUT2D eigenvalue weighted by Crippen LogP contribution is 2.16. The topological polar surface area (TPSA) is 58.4 Å². The lowest BCUT2D eigenvalue weighted by Crippen LogP contribution is -2.31. The molecule has 1 rings (SSSR count). The molecule has 0 spiro atoms. The van der Waals surface area contributed by atoms with Crippen LogP contribution in [0.3, 0.4) is 0 Å². The van der Waals surface area contributed by atoms with E-state index in [1.54, 1.807) is 6.92 Å². The van der Waals surface area contributed by atoms with Crippen LogP contribution in [0.25, 0.3) is 0 Å². The lowest BCUT2D eigenvalue weighted by atomic mass is 10.0.